The zero-order valence-corrected chi connectivity index (χ0v) is 11.1. The number of nitrogens with one attached hydrogen (secondary N) is 1. The van der Waals surface area contributed by atoms with Gasteiger partial charge in [-0.1, -0.05) is 26.7 Å². The normalized spacial score (nSPS) is 43.3. The van der Waals surface area contributed by atoms with Crippen LogP contribution in [0, 0.1) is 23.2 Å². The summed E-state index contributed by atoms with van der Waals surface area (Å²) in [4.78, 5) is 0. The van der Waals surface area contributed by atoms with E-state index >= 15 is 0 Å². The highest BCUT2D eigenvalue weighted by atomic mass is 15.0. The van der Waals surface area contributed by atoms with Crippen molar-refractivity contribution >= 4 is 0 Å². The van der Waals surface area contributed by atoms with Gasteiger partial charge in [-0.25, -0.2) is 0 Å². The molecule has 16 heavy (non-hydrogen) atoms. The van der Waals surface area contributed by atoms with Gasteiger partial charge in [-0.15, -0.1) is 0 Å². The van der Waals surface area contributed by atoms with E-state index in [1.165, 1.54) is 38.5 Å². The van der Waals surface area contributed by atoms with Crippen LogP contribution in [0.1, 0.15) is 59.3 Å². The second-order valence-electron chi connectivity index (χ2n) is 7.15. The van der Waals surface area contributed by atoms with E-state index in [4.69, 9.17) is 0 Å². The first-order valence-electron chi connectivity index (χ1n) is 7.37. The Morgan fingerprint density at radius 3 is 2.44 bits per heavy atom. The number of rotatable bonds is 3. The number of hydrogen-bond acceptors (Lipinski definition) is 1. The highest BCUT2D eigenvalue weighted by molar-refractivity contribution is 5.09. The molecule has 0 aromatic carbocycles. The van der Waals surface area contributed by atoms with E-state index in [9.17, 15) is 0 Å². The predicted molar refractivity (Wildman–Crippen MR) is 68.3 cm³/mol. The predicted octanol–water partition coefficient (Wildman–Crippen LogP) is 3.59. The van der Waals surface area contributed by atoms with Gasteiger partial charge in [0.2, 0.25) is 0 Å². The maximum atomic E-state index is 3.97. The molecule has 92 valence electrons. The lowest BCUT2D eigenvalue weighted by molar-refractivity contribution is -0.0919. The molecule has 0 spiro atoms. The van der Waals surface area contributed by atoms with Gasteiger partial charge in [0.05, 0.1) is 0 Å². The van der Waals surface area contributed by atoms with Crippen molar-refractivity contribution in [1.29, 1.82) is 0 Å². The molecule has 4 atom stereocenters. The molecule has 1 N–H and O–H groups in total. The molecule has 3 aliphatic rings. The third-order valence-corrected chi connectivity index (χ3v) is 5.78. The summed E-state index contributed by atoms with van der Waals surface area (Å²) in [6.07, 6.45) is 8.88. The smallest absolute Gasteiger partial charge is 0.0155 e. The van der Waals surface area contributed by atoms with Gasteiger partial charge >= 0.3 is 0 Å². The van der Waals surface area contributed by atoms with E-state index < -0.39 is 0 Å². The Bertz CT molecular complexity index is 267. The van der Waals surface area contributed by atoms with E-state index in [0.717, 1.165) is 29.8 Å². The summed E-state index contributed by atoms with van der Waals surface area (Å²) < 4.78 is 0. The van der Waals surface area contributed by atoms with Crippen molar-refractivity contribution in [2.24, 2.45) is 23.2 Å². The van der Waals surface area contributed by atoms with E-state index in [2.05, 4.69) is 26.1 Å². The molecular weight excluding hydrogens is 194 g/mol. The lowest BCUT2D eigenvalue weighted by Crippen LogP contribution is -2.66. The third kappa shape index (κ3) is 1.63. The van der Waals surface area contributed by atoms with Crippen LogP contribution < -0.4 is 5.32 Å². The second-order valence-corrected chi connectivity index (χ2v) is 7.15. The summed E-state index contributed by atoms with van der Waals surface area (Å²) in [7, 11) is 0. The van der Waals surface area contributed by atoms with Crippen molar-refractivity contribution in [1.82, 2.24) is 5.32 Å². The van der Waals surface area contributed by atoms with Gasteiger partial charge in [0, 0.05) is 12.1 Å². The Morgan fingerprint density at radius 1 is 1.06 bits per heavy atom. The average Bonchev–Trinajstić information content (AvgIpc) is 3.09. The Hall–Kier alpha value is -0.0400. The van der Waals surface area contributed by atoms with Crippen LogP contribution in [0.25, 0.3) is 0 Å². The molecule has 3 fully saturated rings. The molecule has 3 aliphatic carbocycles. The molecule has 0 bridgehead atoms. The van der Waals surface area contributed by atoms with Gasteiger partial charge in [-0.2, -0.15) is 0 Å². The third-order valence-electron chi connectivity index (χ3n) is 5.78. The monoisotopic (exact) mass is 221 g/mol. The first-order valence-corrected chi connectivity index (χ1v) is 7.37. The van der Waals surface area contributed by atoms with Gasteiger partial charge in [0.15, 0.2) is 0 Å². The minimum Gasteiger partial charge on any atom is -0.310 e. The average molecular weight is 221 g/mol. The first kappa shape index (κ1) is 11.1. The van der Waals surface area contributed by atoms with Gasteiger partial charge in [-0.3, -0.25) is 0 Å². The Kier molecular flexibility index (Phi) is 2.58. The standard InChI is InChI=1S/C15H27N/c1-10(11-8-9-11)16-14-12-6-4-5-7-13(12)15(14,2)3/h10-14,16H,4-9H2,1-3H3/t10?,12-,13+,14?/m1/s1. The molecular formula is C15H27N. The van der Waals surface area contributed by atoms with Crippen LogP contribution in [-0.2, 0) is 0 Å². The van der Waals surface area contributed by atoms with Crippen LogP contribution in [0.2, 0.25) is 0 Å². The quantitative estimate of drug-likeness (QED) is 0.768. The number of fused-ring (bicyclic) bond motifs is 1. The summed E-state index contributed by atoms with van der Waals surface area (Å²) in [5.41, 5.74) is 0.564. The lowest BCUT2D eigenvalue weighted by atomic mass is 9.47. The molecule has 3 saturated carbocycles. The van der Waals surface area contributed by atoms with E-state index in [1.807, 2.05) is 0 Å². The van der Waals surface area contributed by atoms with Gasteiger partial charge in [0.1, 0.15) is 0 Å². The van der Waals surface area contributed by atoms with Crippen molar-refractivity contribution in [2.75, 3.05) is 0 Å². The largest absolute Gasteiger partial charge is 0.310 e. The van der Waals surface area contributed by atoms with Crippen molar-refractivity contribution < 1.29 is 0 Å². The molecule has 1 nitrogen and oxygen atoms in total. The SMILES string of the molecule is CC(NC1[C@@H]2CCCC[C@@H]2C1(C)C)C1CC1. The minimum atomic E-state index is 0.564. The van der Waals surface area contributed by atoms with Crippen molar-refractivity contribution in [3.05, 3.63) is 0 Å². The topological polar surface area (TPSA) is 12.0 Å². The highest BCUT2D eigenvalue weighted by Crippen LogP contribution is 2.57. The summed E-state index contributed by atoms with van der Waals surface area (Å²) in [6.45, 7) is 7.40. The van der Waals surface area contributed by atoms with Crippen LogP contribution in [0.4, 0.5) is 0 Å². The Labute approximate surface area is 100 Å². The van der Waals surface area contributed by atoms with Gasteiger partial charge in [-0.05, 0) is 55.8 Å². The fourth-order valence-electron chi connectivity index (χ4n) is 4.50. The Morgan fingerprint density at radius 2 is 1.75 bits per heavy atom. The molecule has 0 aromatic rings. The van der Waals surface area contributed by atoms with Gasteiger partial charge in [0.25, 0.3) is 0 Å². The highest BCUT2D eigenvalue weighted by Gasteiger charge is 2.56. The summed E-state index contributed by atoms with van der Waals surface area (Å²) in [6, 6.07) is 1.58. The van der Waals surface area contributed by atoms with Crippen LogP contribution in [-0.4, -0.2) is 12.1 Å². The van der Waals surface area contributed by atoms with E-state index in [1.54, 1.807) is 0 Å². The maximum Gasteiger partial charge on any atom is 0.0155 e. The molecule has 0 heterocycles. The molecule has 0 amide bonds. The van der Waals surface area contributed by atoms with E-state index in [-0.39, 0.29) is 0 Å². The van der Waals surface area contributed by atoms with Gasteiger partial charge < -0.3 is 5.32 Å². The molecule has 0 saturated heterocycles. The van der Waals surface area contributed by atoms with Crippen molar-refractivity contribution in [3.8, 4) is 0 Å². The molecule has 0 radical (unpaired) electrons. The minimum absolute atomic E-state index is 0.564. The zero-order chi connectivity index (χ0) is 11.3. The molecule has 3 rings (SSSR count). The summed E-state index contributed by atoms with van der Waals surface area (Å²) in [5.74, 6) is 3.02. The Balaban J connectivity index is 1.64. The fraction of sp³-hybridized carbons (Fsp3) is 1.00. The summed E-state index contributed by atoms with van der Waals surface area (Å²) >= 11 is 0. The van der Waals surface area contributed by atoms with Crippen molar-refractivity contribution in [3.63, 3.8) is 0 Å². The summed E-state index contributed by atoms with van der Waals surface area (Å²) in [5, 5.41) is 3.97. The molecule has 0 aliphatic heterocycles. The molecule has 0 aromatic heterocycles. The lowest BCUT2D eigenvalue weighted by Gasteiger charge is -2.62. The first-order chi connectivity index (χ1) is 7.60. The molecule has 1 heteroatoms. The van der Waals surface area contributed by atoms with Crippen LogP contribution >= 0.6 is 0 Å². The number of hydrogen-bond donors (Lipinski definition) is 1. The van der Waals surface area contributed by atoms with Crippen molar-refractivity contribution in [2.45, 2.75) is 71.4 Å². The molecule has 2 unspecified atom stereocenters. The second kappa shape index (κ2) is 3.73. The zero-order valence-electron chi connectivity index (χ0n) is 11.1. The maximum absolute atomic E-state index is 3.97. The van der Waals surface area contributed by atoms with Crippen LogP contribution in [0.5, 0.6) is 0 Å². The van der Waals surface area contributed by atoms with Crippen LogP contribution in [0.3, 0.4) is 0 Å². The fourth-order valence-corrected chi connectivity index (χ4v) is 4.50. The van der Waals surface area contributed by atoms with E-state index in [0.29, 0.717) is 5.41 Å². The van der Waals surface area contributed by atoms with Crippen LogP contribution in [0.15, 0.2) is 0 Å².